The molecular formula is C10H7FN4O. The molecule has 0 radical (unpaired) electrons. The number of nitrogens with one attached hydrogen (secondary N) is 1. The molecule has 0 aliphatic rings. The Morgan fingerprint density at radius 2 is 1.94 bits per heavy atom. The Bertz CT molecular complexity index is 439. The molecule has 1 aromatic carbocycles. The number of alkyl halides is 1. The summed E-state index contributed by atoms with van der Waals surface area (Å²) in [5.41, 5.74) is 2.80. The third kappa shape index (κ3) is 3.28. The summed E-state index contributed by atoms with van der Waals surface area (Å²) in [6.45, 7) is -0.891. The molecule has 0 atom stereocenters. The molecule has 0 heterocycles. The summed E-state index contributed by atoms with van der Waals surface area (Å²) in [5, 5.41) is 20.4. The highest BCUT2D eigenvalue weighted by molar-refractivity contribution is 6.10. The van der Waals surface area contributed by atoms with Gasteiger partial charge in [-0.3, -0.25) is 5.43 Å². The van der Waals surface area contributed by atoms with Crippen LogP contribution in [0.5, 0.6) is 5.75 Å². The highest BCUT2D eigenvalue weighted by Gasteiger charge is 1.95. The number of nitrogens with zero attached hydrogens (tertiary/aromatic N) is 3. The van der Waals surface area contributed by atoms with Gasteiger partial charge in [0.25, 0.3) is 0 Å². The van der Waals surface area contributed by atoms with Crippen LogP contribution < -0.4 is 10.2 Å². The van der Waals surface area contributed by atoms with E-state index in [0.29, 0.717) is 11.4 Å². The number of ether oxygens (including phenoxy) is 1. The third-order valence-corrected chi connectivity index (χ3v) is 1.58. The van der Waals surface area contributed by atoms with E-state index in [1.807, 2.05) is 0 Å². The van der Waals surface area contributed by atoms with E-state index >= 15 is 0 Å². The molecule has 0 aliphatic heterocycles. The van der Waals surface area contributed by atoms with Gasteiger partial charge in [0.2, 0.25) is 12.6 Å². The first kappa shape index (κ1) is 11.5. The highest BCUT2D eigenvalue weighted by atomic mass is 19.1. The largest absolute Gasteiger partial charge is 0.463 e. The third-order valence-electron chi connectivity index (χ3n) is 1.58. The zero-order chi connectivity index (χ0) is 11.8. The van der Waals surface area contributed by atoms with Crippen molar-refractivity contribution in [3.63, 3.8) is 0 Å². The van der Waals surface area contributed by atoms with E-state index in [-0.39, 0.29) is 5.71 Å². The number of rotatable bonds is 4. The minimum atomic E-state index is -0.891. The predicted molar refractivity (Wildman–Crippen MR) is 55.3 cm³/mol. The molecule has 0 spiro atoms. The van der Waals surface area contributed by atoms with Crippen molar-refractivity contribution in [3.8, 4) is 17.9 Å². The minimum Gasteiger partial charge on any atom is -0.463 e. The minimum absolute atomic E-state index is 0.274. The van der Waals surface area contributed by atoms with Crippen LogP contribution in [0.3, 0.4) is 0 Å². The van der Waals surface area contributed by atoms with Gasteiger partial charge in [-0.15, -0.1) is 0 Å². The number of benzene rings is 1. The molecule has 1 rings (SSSR count). The Morgan fingerprint density at radius 3 is 2.44 bits per heavy atom. The maximum atomic E-state index is 11.8. The maximum absolute atomic E-state index is 11.8. The maximum Gasteiger partial charge on any atom is 0.237 e. The topological polar surface area (TPSA) is 81.2 Å². The second-order valence-corrected chi connectivity index (χ2v) is 2.57. The molecule has 0 aliphatic carbocycles. The summed E-state index contributed by atoms with van der Waals surface area (Å²) >= 11 is 0. The Labute approximate surface area is 91.4 Å². The summed E-state index contributed by atoms with van der Waals surface area (Å²) in [5.74, 6) is 0.387. The van der Waals surface area contributed by atoms with Gasteiger partial charge in [0.15, 0.2) is 0 Å². The van der Waals surface area contributed by atoms with Crippen molar-refractivity contribution >= 4 is 11.4 Å². The van der Waals surface area contributed by atoms with E-state index in [0.717, 1.165) is 0 Å². The Balaban J connectivity index is 2.67. The van der Waals surface area contributed by atoms with Crippen LogP contribution in [-0.2, 0) is 0 Å². The summed E-state index contributed by atoms with van der Waals surface area (Å²) in [7, 11) is 0. The van der Waals surface area contributed by atoms with Gasteiger partial charge in [-0.2, -0.15) is 15.6 Å². The monoisotopic (exact) mass is 218 g/mol. The van der Waals surface area contributed by atoms with Gasteiger partial charge in [-0.1, -0.05) is 0 Å². The first-order valence-electron chi connectivity index (χ1n) is 4.23. The second kappa shape index (κ2) is 5.99. The van der Waals surface area contributed by atoms with Crippen LogP contribution in [0.2, 0.25) is 0 Å². The number of anilines is 1. The Morgan fingerprint density at radius 1 is 1.31 bits per heavy atom. The molecule has 0 saturated carbocycles. The summed E-state index contributed by atoms with van der Waals surface area (Å²) in [6, 6.07) is 9.46. The van der Waals surface area contributed by atoms with Crippen molar-refractivity contribution in [2.24, 2.45) is 5.10 Å². The number of hydrogen-bond donors (Lipinski definition) is 1. The van der Waals surface area contributed by atoms with Crippen molar-refractivity contribution < 1.29 is 9.13 Å². The van der Waals surface area contributed by atoms with Gasteiger partial charge in [0.1, 0.15) is 17.9 Å². The molecule has 5 nitrogen and oxygen atoms in total. The van der Waals surface area contributed by atoms with E-state index in [1.54, 1.807) is 24.3 Å². The van der Waals surface area contributed by atoms with Crippen molar-refractivity contribution in [2.75, 3.05) is 12.3 Å². The van der Waals surface area contributed by atoms with Gasteiger partial charge in [-0.05, 0) is 24.3 Å². The summed E-state index contributed by atoms with van der Waals surface area (Å²) in [6.07, 6.45) is 0. The van der Waals surface area contributed by atoms with Crippen LogP contribution in [-0.4, -0.2) is 12.6 Å². The summed E-state index contributed by atoms with van der Waals surface area (Å²) < 4.78 is 16.4. The number of hydrogen-bond acceptors (Lipinski definition) is 5. The van der Waals surface area contributed by atoms with Crippen molar-refractivity contribution in [1.82, 2.24) is 0 Å². The predicted octanol–water partition coefficient (Wildman–Crippen LogP) is 1.81. The average molecular weight is 218 g/mol. The summed E-state index contributed by atoms with van der Waals surface area (Å²) in [4.78, 5) is 0. The fourth-order valence-corrected chi connectivity index (χ4v) is 0.884. The van der Waals surface area contributed by atoms with Crippen LogP contribution in [0.25, 0.3) is 0 Å². The van der Waals surface area contributed by atoms with E-state index in [1.165, 1.54) is 12.1 Å². The molecule has 80 valence electrons. The van der Waals surface area contributed by atoms with E-state index in [2.05, 4.69) is 15.3 Å². The number of halogens is 1. The fourth-order valence-electron chi connectivity index (χ4n) is 0.884. The van der Waals surface area contributed by atoms with E-state index in [4.69, 9.17) is 10.5 Å². The van der Waals surface area contributed by atoms with E-state index in [9.17, 15) is 4.39 Å². The van der Waals surface area contributed by atoms with Crippen molar-refractivity contribution in [1.29, 1.82) is 10.5 Å². The smallest absolute Gasteiger partial charge is 0.237 e. The Hall–Kier alpha value is -2.60. The lowest BCUT2D eigenvalue weighted by Gasteiger charge is -2.02. The van der Waals surface area contributed by atoms with Gasteiger partial charge < -0.3 is 4.74 Å². The first-order chi connectivity index (χ1) is 7.80. The van der Waals surface area contributed by atoms with Crippen molar-refractivity contribution in [3.05, 3.63) is 24.3 Å². The second-order valence-electron chi connectivity index (χ2n) is 2.57. The lowest BCUT2D eigenvalue weighted by Crippen LogP contribution is -1.96. The molecule has 0 aromatic heterocycles. The Kier molecular flexibility index (Phi) is 4.30. The standard InChI is InChI=1S/C10H7FN4O/c11-7-16-10-3-1-8(2-4-10)14-15-9(5-12)6-13/h1-4,14H,7H2. The zero-order valence-electron chi connectivity index (χ0n) is 8.14. The SMILES string of the molecule is N#CC(C#N)=NNc1ccc(OCF)cc1. The molecule has 0 saturated heterocycles. The average Bonchev–Trinajstić information content (AvgIpc) is 2.33. The molecule has 0 fully saturated rings. The molecule has 1 N–H and O–H groups in total. The number of hydrazone groups is 1. The molecule has 6 heteroatoms. The zero-order valence-corrected chi connectivity index (χ0v) is 8.14. The van der Waals surface area contributed by atoms with Crippen LogP contribution in [0, 0.1) is 22.7 Å². The lowest BCUT2D eigenvalue weighted by atomic mass is 10.3. The quantitative estimate of drug-likeness (QED) is 0.617. The van der Waals surface area contributed by atoms with Gasteiger partial charge >= 0.3 is 0 Å². The molecular weight excluding hydrogens is 211 g/mol. The lowest BCUT2D eigenvalue weighted by molar-refractivity contribution is 0.192. The normalized spacial score (nSPS) is 8.44. The molecule has 0 unspecified atom stereocenters. The van der Waals surface area contributed by atoms with Crippen LogP contribution >= 0.6 is 0 Å². The first-order valence-corrected chi connectivity index (χ1v) is 4.23. The fraction of sp³-hybridized carbons (Fsp3) is 0.100. The highest BCUT2D eigenvalue weighted by Crippen LogP contribution is 2.15. The van der Waals surface area contributed by atoms with Crippen LogP contribution in [0.1, 0.15) is 0 Å². The van der Waals surface area contributed by atoms with Gasteiger partial charge in [0, 0.05) is 0 Å². The molecule has 0 bridgehead atoms. The van der Waals surface area contributed by atoms with Crippen LogP contribution in [0.4, 0.5) is 10.1 Å². The molecule has 0 amide bonds. The van der Waals surface area contributed by atoms with Gasteiger partial charge in [-0.25, -0.2) is 4.39 Å². The number of nitriles is 2. The van der Waals surface area contributed by atoms with Crippen LogP contribution in [0.15, 0.2) is 29.4 Å². The van der Waals surface area contributed by atoms with Crippen molar-refractivity contribution in [2.45, 2.75) is 0 Å². The molecule has 16 heavy (non-hydrogen) atoms. The molecule has 1 aromatic rings. The van der Waals surface area contributed by atoms with E-state index < -0.39 is 6.86 Å². The van der Waals surface area contributed by atoms with Gasteiger partial charge in [0.05, 0.1) is 5.69 Å².